The van der Waals surface area contributed by atoms with Crippen molar-refractivity contribution >= 4 is 8.32 Å². The third-order valence-corrected chi connectivity index (χ3v) is 7.26. The third-order valence-electron chi connectivity index (χ3n) is 2.87. The van der Waals surface area contributed by atoms with Gasteiger partial charge in [-0.25, -0.2) is 0 Å². The van der Waals surface area contributed by atoms with Gasteiger partial charge in [-0.1, -0.05) is 27.4 Å². The highest BCUT2D eigenvalue weighted by atomic mass is 28.4. The molecular weight excluding hydrogens is 220 g/mol. The summed E-state index contributed by atoms with van der Waals surface area (Å²) in [7, 11) is 1.29. The number of hydrogen-bond donors (Lipinski definition) is 0. The molecule has 0 heterocycles. The number of rotatable bonds is 5. The van der Waals surface area contributed by atoms with E-state index in [1.165, 1.54) is 0 Å². The summed E-state index contributed by atoms with van der Waals surface area (Å²) < 4.78 is 15.9. The third kappa shape index (κ3) is 4.31. The first-order chi connectivity index (χ1) is 7.14. The van der Waals surface area contributed by atoms with Gasteiger partial charge in [-0.3, -0.25) is 0 Å². The van der Waals surface area contributed by atoms with E-state index in [0.29, 0.717) is 11.7 Å². The van der Waals surface area contributed by atoms with E-state index in [-0.39, 0.29) is 5.04 Å². The molecule has 0 aliphatic carbocycles. The van der Waals surface area contributed by atoms with Gasteiger partial charge in [0.05, 0.1) is 20.3 Å². The zero-order valence-electron chi connectivity index (χ0n) is 11.5. The van der Waals surface area contributed by atoms with Gasteiger partial charge in [-0.05, 0) is 18.1 Å². The van der Waals surface area contributed by atoms with E-state index in [4.69, 9.17) is 13.9 Å². The molecule has 0 rings (SSSR count). The van der Waals surface area contributed by atoms with Crippen molar-refractivity contribution in [2.45, 2.75) is 38.9 Å². The molecule has 0 spiro atoms. The average molecular weight is 244 g/mol. The monoisotopic (exact) mass is 244 g/mol. The van der Waals surface area contributed by atoms with Gasteiger partial charge >= 0.3 is 0 Å². The fourth-order valence-corrected chi connectivity index (χ4v) is 1.86. The van der Waals surface area contributed by atoms with E-state index in [1.54, 1.807) is 20.3 Å². The highest BCUT2D eigenvalue weighted by molar-refractivity contribution is 6.74. The van der Waals surface area contributed by atoms with Crippen LogP contribution in [0.4, 0.5) is 0 Å². The molecule has 0 aliphatic rings. The molecule has 0 aromatic carbocycles. The lowest BCUT2D eigenvalue weighted by molar-refractivity contribution is 0.0940. The maximum absolute atomic E-state index is 5.94. The van der Waals surface area contributed by atoms with Crippen LogP contribution in [0.5, 0.6) is 0 Å². The van der Waals surface area contributed by atoms with Crippen molar-refractivity contribution in [2.75, 3.05) is 14.2 Å². The van der Waals surface area contributed by atoms with E-state index in [9.17, 15) is 0 Å². The fourth-order valence-electron chi connectivity index (χ4n) is 0.843. The van der Waals surface area contributed by atoms with Crippen molar-refractivity contribution in [3.05, 3.63) is 24.4 Å². The molecule has 0 unspecified atom stereocenters. The van der Waals surface area contributed by atoms with E-state index in [0.717, 1.165) is 0 Å². The Morgan fingerprint density at radius 1 is 1.12 bits per heavy atom. The largest absolute Gasteiger partial charge is 0.544 e. The van der Waals surface area contributed by atoms with Crippen LogP contribution in [-0.4, -0.2) is 22.5 Å². The summed E-state index contributed by atoms with van der Waals surface area (Å²) in [5.74, 6) is 0.994. The first-order valence-electron chi connectivity index (χ1n) is 5.31. The summed E-state index contributed by atoms with van der Waals surface area (Å²) in [4.78, 5) is 0. The zero-order valence-corrected chi connectivity index (χ0v) is 12.5. The van der Waals surface area contributed by atoms with Gasteiger partial charge in [0.1, 0.15) is 5.76 Å². The summed E-state index contributed by atoms with van der Waals surface area (Å²) in [6.45, 7) is 14.8. The van der Waals surface area contributed by atoms with Crippen LogP contribution in [0.2, 0.25) is 18.1 Å². The average Bonchev–Trinajstić information content (AvgIpc) is 2.11. The molecular formula is C12H24O3Si. The van der Waals surface area contributed by atoms with E-state index < -0.39 is 8.32 Å². The second-order valence-electron chi connectivity index (χ2n) is 5.20. The van der Waals surface area contributed by atoms with Crippen molar-refractivity contribution in [2.24, 2.45) is 0 Å². The van der Waals surface area contributed by atoms with Crippen molar-refractivity contribution in [3.8, 4) is 0 Å². The van der Waals surface area contributed by atoms with Crippen LogP contribution in [0.25, 0.3) is 0 Å². The van der Waals surface area contributed by atoms with E-state index >= 15 is 0 Å². The summed E-state index contributed by atoms with van der Waals surface area (Å²) in [6.07, 6.45) is 1.67. The quantitative estimate of drug-likeness (QED) is 0.420. The maximum Gasteiger partial charge on any atom is 0.282 e. The first-order valence-corrected chi connectivity index (χ1v) is 8.22. The van der Waals surface area contributed by atoms with Crippen LogP contribution in [-0.2, 0) is 13.9 Å². The molecule has 4 heteroatoms. The van der Waals surface area contributed by atoms with Crippen LogP contribution in [0.3, 0.4) is 0 Å². The Hall–Kier alpha value is -0.903. The van der Waals surface area contributed by atoms with Gasteiger partial charge < -0.3 is 13.9 Å². The summed E-state index contributed by atoms with van der Waals surface area (Å²) in [5, 5.41) is 0.157. The Balaban J connectivity index is 4.64. The molecule has 0 aromatic rings. The van der Waals surface area contributed by atoms with Gasteiger partial charge in [0.2, 0.25) is 8.32 Å². The number of hydrogen-bond acceptors (Lipinski definition) is 3. The van der Waals surface area contributed by atoms with Gasteiger partial charge in [0.15, 0.2) is 0 Å². The highest BCUT2D eigenvalue weighted by Gasteiger charge is 2.39. The lowest BCUT2D eigenvalue weighted by atomic mass is 10.2. The Labute approximate surface area is 100 Å². The first kappa shape index (κ1) is 15.1. The topological polar surface area (TPSA) is 27.7 Å². The minimum atomic E-state index is -1.82. The molecule has 3 nitrogen and oxygen atoms in total. The van der Waals surface area contributed by atoms with Gasteiger partial charge in [-0.15, -0.1) is 0 Å². The van der Waals surface area contributed by atoms with Crippen molar-refractivity contribution in [3.63, 3.8) is 0 Å². The highest BCUT2D eigenvalue weighted by Crippen LogP contribution is 2.37. The normalized spacial score (nSPS) is 11.7. The molecule has 0 aromatic heterocycles. The molecule has 0 radical (unpaired) electrons. The smallest absolute Gasteiger partial charge is 0.282 e. The standard InChI is InChI=1S/C12H24O3Si/c1-10(9-11(13-5)14-6)15-16(7,8)12(2,3)4/h9H,1H2,2-8H3. The van der Waals surface area contributed by atoms with E-state index in [1.807, 2.05) is 0 Å². The van der Waals surface area contributed by atoms with Crippen LogP contribution in [0, 0.1) is 0 Å². The predicted octanol–water partition coefficient (Wildman–Crippen LogP) is 3.66. The number of ether oxygens (including phenoxy) is 2. The number of allylic oxidation sites excluding steroid dienone is 1. The molecule has 0 saturated carbocycles. The van der Waals surface area contributed by atoms with Crippen LogP contribution < -0.4 is 0 Å². The van der Waals surface area contributed by atoms with Gasteiger partial charge in [0.25, 0.3) is 5.95 Å². The van der Waals surface area contributed by atoms with Gasteiger partial charge in [-0.2, -0.15) is 0 Å². The predicted molar refractivity (Wildman–Crippen MR) is 69.5 cm³/mol. The number of methoxy groups -OCH3 is 2. The lowest BCUT2D eigenvalue weighted by Gasteiger charge is -2.36. The summed E-state index contributed by atoms with van der Waals surface area (Å²) in [6, 6.07) is 0. The molecule has 0 N–H and O–H groups in total. The lowest BCUT2D eigenvalue weighted by Crippen LogP contribution is -2.40. The van der Waals surface area contributed by atoms with Crippen LogP contribution >= 0.6 is 0 Å². The maximum atomic E-state index is 5.94. The van der Waals surface area contributed by atoms with E-state index in [2.05, 4.69) is 40.4 Å². The molecule has 0 bridgehead atoms. The molecule has 16 heavy (non-hydrogen) atoms. The second-order valence-corrected chi connectivity index (χ2v) is 9.93. The van der Waals surface area contributed by atoms with Gasteiger partial charge in [0, 0.05) is 0 Å². The summed E-state index contributed by atoms with van der Waals surface area (Å²) in [5.41, 5.74) is 0. The minimum Gasteiger partial charge on any atom is -0.544 e. The van der Waals surface area contributed by atoms with Crippen molar-refractivity contribution in [1.82, 2.24) is 0 Å². The molecule has 94 valence electrons. The molecule has 0 aliphatic heterocycles. The Kier molecular flexibility index (Phi) is 5.13. The Bertz CT molecular complexity index is 268. The van der Waals surface area contributed by atoms with Crippen molar-refractivity contribution in [1.29, 1.82) is 0 Å². The van der Waals surface area contributed by atoms with Crippen molar-refractivity contribution < 1.29 is 13.9 Å². The van der Waals surface area contributed by atoms with Crippen LogP contribution in [0.15, 0.2) is 24.4 Å². The Morgan fingerprint density at radius 2 is 1.56 bits per heavy atom. The molecule has 0 amide bonds. The molecule has 0 saturated heterocycles. The fraction of sp³-hybridized carbons (Fsp3) is 0.667. The molecule has 0 fully saturated rings. The van der Waals surface area contributed by atoms with Crippen LogP contribution in [0.1, 0.15) is 20.8 Å². The zero-order chi connectivity index (χ0) is 13.0. The molecule has 0 atom stereocenters. The second kappa shape index (κ2) is 5.43. The Morgan fingerprint density at radius 3 is 1.88 bits per heavy atom. The SMILES string of the molecule is C=C(C=C(OC)OC)O[Si](C)(C)C(C)(C)C. The summed E-state index contributed by atoms with van der Waals surface area (Å²) >= 11 is 0. The minimum absolute atomic E-state index is 0.157.